The molecular formula is C13H14ClN3O2S. The van der Waals surface area contributed by atoms with Gasteiger partial charge in [-0.1, -0.05) is 11.6 Å². The highest BCUT2D eigenvalue weighted by molar-refractivity contribution is 7.89. The summed E-state index contributed by atoms with van der Waals surface area (Å²) in [6, 6.07) is 7.57. The van der Waals surface area contributed by atoms with Crippen molar-refractivity contribution in [2.75, 3.05) is 6.54 Å². The molecule has 0 bridgehead atoms. The molecule has 0 saturated carbocycles. The molecular weight excluding hydrogens is 298 g/mol. The van der Waals surface area contributed by atoms with Crippen LogP contribution in [0.25, 0.3) is 0 Å². The zero-order valence-electron chi connectivity index (χ0n) is 11.2. The lowest BCUT2D eigenvalue weighted by Gasteiger charge is -2.25. The van der Waals surface area contributed by atoms with Gasteiger partial charge >= 0.3 is 0 Å². The van der Waals surface area contributed by atoms with E-state index < -0.39 is 10.0 Å². The highest BCUT2D eigenvalue weighted by Crippen LogP contribution is 2.26. The predicted octanol–water partition coefficient (Wildman–Crippen LogP) is 2.52. The monoisotopic (exact) mass is 311 g/mol. The van der Waals surface area contributed by atoms with Crippen LogP contribution in [0.4, 0.5) is 0 Å². The van der Waals surface area contributed by atoms with Gasteiger partial charge in [-0.3, -0.25) is 0 Å². The number of nitrogens with zero attached hydrogens (tertiary/aromatic N) is 3. The maximum Gasteiger partial charge on any atom is 0.244 e. The molecule has 7 heteroatoms. The van der Waals surface area contributed by atoms with E-state index in [-0.39, 0.29) is 28.9 Å². The Morgan fingerprint density at radius 3 is 2.45 bits per heavy atom. The largest absolute Gasteiger partial charge is 0.244 e. The Bertz CT molecular complexity index is 672. The van der Waals surface area contributed by atoms with E-state index in [2.05, 4.69) is 0 Å². The molecule has 0 aromatic heterocycles. The molecule has 0 fully saturated rings. The van der Waals surface area contributed by atoms with Crippen molar-refractivity contribution in [3.05, 3.63) is 28.8 Å². The first-order valence-corrected chi connectivity index (χ1v) is 7.74. The molecule has 106 valence electrons. The van der Waals surface area contributed by atoms with Crippen LogP contribution in [-0.4, -0.2) is 25.3 Å². The number of hydrogen-bond donors (Lipinski definition) is 0. The minimum atomic E-state index is -3.79. The van der Waals surface area contributed by atoms with Crippen LogP contribution in [0.5, 0.6) is 0 Å². The van der Waals surface area contributed by atoms with Crippen LogP contribution in [0.3, 0.4) is 0 Å². The standard InChI is InChI=1S/C13H14ClN3O2S/c1-10(2)17(7-3-6-15)20(18,19)13-5-4-11(9-16)8-12(13)14/h4-5,8,10H,3,7H2,1-2H3. The molecule has 0 heterocycles. The topological polar surface area (TPSA) is 85.0 Å². The number of rotatable bonds is 5. The van der Waals surface area contributed by atoms with Crippen LogP contribution in [0.15, 0.2) is 23.1 Å². The minimum Gasteiger partial charge on any atom is -0.207 e. The van der Waals surface area contributed by atoms with Gasteiger partial charge in [0.1, 0.15) is 4.90 Å². The van der Waals surface area contributed by atoms with E-state index >= 15 is 0 Å². The molecule has 1 aromatic carbocycles. The Morgan fingerprint density at radius 1 is 1.35 bits per heavy atom. The first kappa shape index (κ1) is 16.5. The van der Waals surface area contributed by atoms with Crippen LogP contribution in [0.1, 0.15) is 25.8 Å². The van der Waals surface area contributed by atoms with E-state index in [0.717, 1.165) is 0 Å². The van der Waals surface area contributed by atoms with Crippen molar-refractivity contribution >= 4 is 21.6 Å². The van der Waals surface area contributed by atoms with Crippen molar-refractivity contribution in [3.63, 3.8) is 0 Å². The van der Waals surface area contributed by atoms with Crippen molar-refractivity contribution in [1.29, 1.82) is 10.5 Å². The third-order valence-electron chi connectivity index (χ3n) is 2.67. The molecule has 0 spiro atoms. The predicted molar refractivity (Wildman–Crippen MR) is 75.4 cm³/mol. The highest BCUT2D eigenvalue weighted by Gasteiger charge is 2.28. The normalized spacial score (nSPS) is 11.3. The van der Waals surface area contributed by atoms with Crippen molar-refractivity contribution in [1.82, 2.24) is 4.31 Å². The van der Waals surface area contributed by atoms with Gasteiger partial charge in [-0.15, -0.1) is 0 Å². The fourth-order valence-corrected chi connectivity index (χ4v) is 3.88. The van der Waals surface area contributed by atoms with Gasteiger partial charge in [-0.2, -0.15) is 14.8 Å². The fraction of sp³-hybridized carbons (Fsp3) is 0.385. The van der Waals surface area contributed by atoms with Crippen LogP contribution in [0, 0.1) is 22.7 Å². The van der Waals surface area contributed by atoms with Crippen LogP contribution >= 0.6 is 11.6 Å². The van der Waals surface area contributed by atoms with Crippen LogP contribution in [-0.2, 0) is 10.0 Å². The highest BCUT2D eigenvalue weighted by atomic mass is 35.5. The molecule has 0 aliphatic rings. The molecule has 0 radical (unpaired) electrons. The second kappa shape index (κ2) is 6.71. The van der Waals surface area contributed by atoms with Gasteiger partial charge in [0, 0.05) is 19.0 Å². The number of hydrogen-bond acceptors (Lipinski definition) is 4. The SMILES string of the molecule is CC(C)N(CCC#N)S(=O)(=O)c1ccc(C#N)cc1Cl. The average molecular weight is 312 g/mol. The van der Waals surface area contributed by atoms with Gasteiger partial charge in [0.25, 0.3) is 0 Å². The van der Waals surface area contributed by atoms with Gasteiger partial charge < -0.3 is 0 Å². The number of sulfonamides is 1. The summed E-state index contributed by atoms with van der Waals surface area (Å²) < 4.78 is 26.3. The summed E-state index contributed by atoms with van der Waals surface area (Å²) in [5, 5.41) is 17.4. The Kier molecular flexibility index (Phi) is 5.52. The Labute approximate surface area is 124 Å². The molecule has 5 nitrogen and oxygen atoms in total. The third-order valence-corrected chi connectivity index (χ3v) is 5.23. The lowest BCUT2D eigenvalue weighted by molar-refractivity contribution is 0.360. The average Bonchev–Trinajstić information content (AvgIpc) is 2.37. The van der Waals surface area contributed by atoms with Gasteiger partial charge in [0.15, 0.2) is 0 Å². The molecule has 1 rings (SSSR count). The molecule has 0 amide bonds. The maximum absolute atomic E-state index is 12.5. The molecule has 0 aliphatic carbocycles. The second-order valence-electron chi connectivity index (χ2n) is 4.37. The summed E-state index contributed by atoms with van der Waals surface area (Å²) in [5.74, 6) is 0. The summed E-state index contributed by atoms with van der Waals surface area (Å²) >= 11 is 5.95. The summed E-state index contributed by atoms with van der Waals surface area (Å²) in [6.45, 7) is 3.56. The lowest BCUT2D eigenvalue weighted by atomic mass is 10.2. The zero-order chi connectivity index (χ0) is 15.3. The van der Waals surface area contributed by atoms with Gasteiger partial charge in [-0.05, 0) is 32.0 Å². The smallest absolute Gasteiger partial charge is 0.207 e. The van der Waals surface area contributed by atoms with Crippen molar-refractivity contribution in [2.45, 2.75) is 31.2 Å². The Morgan fingerprint density at radius 2 is 2.00 bits per heavy atom. The molecule has 20 heavy (non-hydrogen) atoms. The molecule has 0 N–H and O–H groups in total. The first-order chi connectivity index (χ1) is 9.34. The van der Waals surface area contributed by atoms with E-state index in [0.29, 0.717) is 5.56 Å². The van der Waals surface area contributed by atoms with Crippen molar-refractivity contribution < 1.29 is 8.42 Å². The van der Waals surface area contributed by atoms with E-state index in [1.54, 1.807) is 13.8 Å². The summed E-state index contributed by atoms with van der Waals surface area (Å²) in [6.07, 6.45) is 0.102. The quantitative estimate of drug-likeness (QED) is 0.836. The summed E-state index contributed by atoms with van der Waals surface area (Å²) in [5.41, 5.74) is 0.294. The third kappa shape index (κ3) is 3.49. The number of halogens is 1. The van der Waals surface area contributed by atoms with E-state index in [9.17, 15) is 8.42 Å². The summed E-state index contributed by atoms with van der Waals surface area (Å²) in [4.78, 5) is -0.0511. The number of benzene rings is 1. The maximum atomic E-state index is 12.5. The molecule has 0 aliphatic heterocycles. The molecule has 1 aromatic rings. The van der Waals surface area contributed by atoms with Crippen molar-refractivity contribution in [3.8, 4) is 12.1 Å². The Hall–Kier alpha value is -1.60. The van der Waals surface area contributed by atoms with E-state index in [1.165, 1.54) is 22.5 Å². The second-order valence-corrected chi connectivity index (χ2v) is 6.64. The van der Waals surface area contributed by atoms with Gasteiger partial charge in [-0.25, -0.2) is 8.42 Å². The van der Waals surface area contributed by atoms with Gasteiger partial charge in [0.2, 0.25) is 10.0 Å². The lowest BCUT2D eigenvalue weighted by Crippen LogP contribution is -2.37. The van der Waals surface area contributed by atoms with E-state index in [1.807, 2.05) is 12.1 Å². The van der Waals surface area contributed by atoms with Gasteiger partial charge in [0.05, 0.1) is 22.7 Å². The Balaban J connectivity index is 3.27. The zero-order valence-corrected chi connectivity index (χ0v) is 12.7. The fourth-order valence-electron chi connectivity index (χ4n) is 1.72. The van der Waals surface area contributed by atoms with Crippen molar-refractivity contribution in [2.24, 2.45) is 0 Å². The minimum absolute atomic E-state index is 0.00616. The summed E-state index contributed by atoms with van der Waals surface area (Å²) in [7, 11) is -3.79. The number of nitriles is 2. The molecule has 0 unspecified atom stereocenters. The van der Waals surface area contributed by atoms with Crippen LogP contribution in [0.2, 0.25) is 5.02 Å². The first-order valence-electron chi connectivity index (χ1n) is 5.93. The van der Waals surface area contributed by atoms with E-state index in [4.69, 9.17) is 22.1 Å². The molecule has 0 saturated heterocycles. The van der Waals surface area contributed by atoms with Crippen LogP contribution < -0.4 is 0 Å². The molecule has 0 atom stereocenters.